The molecule has 44 heavy (non-hydrogen) atoms. The highest BCUT2D eigenvalue weighted by atomic mass is 32.2. The molecule has 9 nitrogen and oxygen atoms in total. The van der Waals surface area contributed by atoms with Crippen LogP contribution in [0.15, 0.2) is 108 Å². The number of thioether (sulfide) groups is 1. The van der Waals surface area contributed by atoms with E-state index in [9.17, 15) is 14.4 Å². The number of carbonyl (C=O) groups is 3. The summed E-state index contributed by atoms with van der Waals surface area (Å²) >= 11 is 1.32. The lowest BCUT2D eigenvalue weighted by Crippen LogP contribution is -2.30. The van der Waals surface area contributed by atoms with Crippen molar-refractivity contribution >= 4 is 46.9 Å². The van der Waals surface area contributed by atoms with Crippen LogP contribution in [-0.2, 0) is 9.59 Å². The Morgan fingerprint density at radius 1 is 0.795 bits per heavy atom. The minimum atomic E-state index is -0.549. The van der Waals surface area contributed by atoms with Gasteiger partial charge in [-0.3, -0.25) is 14.4 Å². The number of hydrogen-bond acceptors (Lipinski definition) is 7. The Labute approximate surface area is 260 Å². The van der Waals surface area contributed by atoms with E-state index in [-0.39, 0.29) is 17.4 Å². The van der Waals surface area contributed by atoms with Crippen LogP contribution in [0.25, 0.3) is 6.08 Å². The van der Waals surface area contributed by atoms with E-state index in [1.165, 1.54) is 32.1 Å². The Bertz CT molecular complexity index is 1640. The molecule has 4 rings (SSSR count). The number of para-hydroxylation sites is 2. The number of anilines is 2. The summed E-state index contributed by atoms with van der Waals surface area (Å²) in [4.78, 5) is 40.0. The second-order valence-electron chi connectivity index (χ2n) is 9.23. The van der Waals surface area contributed by atoms with E-state index in [2.05, 4.69) is 16.0 Å². The summed E-state index contributed by atoms with van der Waals surface area (Å²) in [6.07, 6.45) is 1.53. The second kappa shape index (κ2) is 15.9. The van der Waals surface area contributed by atoms with Gasteiger partial charge in [0.05, 0.1) is 32.3 Å². The third-order valence-corrected chi connectivity index (χ3v) is 7.18. The van der Waals surface area contributed by atoms with E-state index in [1.54, 1.807) is 78.9 Å². The SMILES string of the molecule is CCOc1ccccc1NC(=O)CSc1cccc(NC(=O)/C(=C\c2cc(OC)ccc2OC)NC(=O)c2ccccc2)c1. The predicted octanol–water partition coefficient (Wildman–Crippen LogP) is 6.24. The molecule has 0 saturated heterocycles. The Hall–Kier alpha value is -5.22. The lowest BCUT2D eigenvalue weighted by molar-refractivity contribution is -0.114. The largest absolute Gasteiger partial charge is 0.497 e. The molecule has 3 N–H and O–H groups in total. The highest BCUT2D eigenvalue weighted by Crippen LogP contribution is 2.28. The van der Waals surface area contributed by atoms with Crippen LogP contribution in [0, 0.1) is 0 Å². The maximum absolute atomic E-state index is 13.6. The molecule has 0 aliphatic rings. The van der Waals surface area contributed by atoms with Crippen molar-refractivity contribution in [1.82, 2.24) is 5.32 Å². The van der Waals surface area contributed by atoms with E-state index in [0.29, 0.717) is 46.4 Å². The van der Waals surface area contributed by atoms with Crippen LogP contribution in [0.3, 0.4) is 0 Å². The number of amides is 3. The summed E-state index contributed by atoms with van der Waals surface area (Å²) in [6, 6.07) is 28.1. The summed E-state index contributed by atoms with van der Waals surface area (Å²) in [7, 11) is 3.05. The van der Waals surface area contributed by atoms with Crippen molar-refractivity contribution in [3.63, 3.8) is 0 Å². The number of hydrogen-bond donors (Lipinski definition) is 3. The highest BCUT2D eigenvalue weighted by molar-refractivity contribution is 8.00. The summed E-state index contributed by atoms with van der Waals surface area (Å²) in [6.45, 7) is 2.37. The molecule has 0 bridgehead atoms. The Kier molecular flexibility index (Phi) is 11.4. The van der Waals surface area contributed by atoms with Gasteiger partial charge in [0.1, 0.15) is 22.9 Å². The van der Waals surface area contributed by atoms with Crippen molar-refractivity contribution in [2.45, 2.75) is 11.8 Å². The number of carbonyl (C=O) groups excluding carboxylic acids is 3. The lowest BCUT2D eigenvalue weighted by Gasteiger charge is -2.14. The van der Waals surface area contributed by atoms with Crippen molar-refractivity contribution in [3.8, 4) is 17.2 Å². The second-order valence-corrected chi connectivity index (χ2v) is 10.3. The van der Waals surface area contributed by atoms with Crippen molar-refractivity contribution in [3.05, 3.63) is 114 Å². The minimum absolute atomic E-state index is 0.00389. The summed E-state index contributed by atoms with van der Waals surface area (Å²) in [5.74, 6) is 0.602. The Morgan fingerprint density at radius 3 is 2.32 bits per heavy atom. The molecule has 0 atom stereocenters. The van der Waals surface area contributed by atoms with Crippen LogP contribution in [0.1, 0.15) is 22.8 Å². The van der Waals surface area contributed by atoms with Crippen LogP contribution < -0.4 is 30.2 Å². The normalized spacial score (nSPS) is 10.8. The molecule has 0 aromatic heterocycles. The van der Waals surface area contributed by atoms with Crippen LogP contribution in [0.2, 0.25) is 0 Å². The van der Waals surface area contributed by atoms with E-state index in [1.807, 2.05) is 25.1 Å². The first kappa shape index (κ1) is 31.7. The molecular formula is C34H33N3O6S. The number of benzene rings is 4. The van der Waals surface area contributed by atoms with Gasteiger partial charge >= 0.3 is 0 Å². The van der Waals surface area contributed by atoms with Gasteiger partial charge in [-0.1, -0.05) is 36.4 Å². The molecule has 0 fully saturated rings. The van der Waals surface area contributed by atoms with E-state index in [0.717, 1.165) is 4.90 Å². The number of rotatable bonds is 13. The highest BCUT2D eigenvalue weighted by Gasteiger charge is 2.17. The number of ether oxygens (including phenoxy) is 3. The van der Waals surface area contributed by atoms with Crippen LogP contribution in [-0.4, -0.2) is 44.3 Å². The zero-order valence-corrected chi connectivity index (χ0v) is 25.4. The minimum Gasteiger partial charge on any atom is -0.497 e. The zero-order valence-electron chi connectivity index (χ0n) is 24.6. The molecule has 0 heterocycles. The van der Waals surface area contributed by atoms with Gasteiger partial charge in [0.2, 0.25) is 5.91 Å². The Morgan fingerprint density at radius 2 is 1.57 bits per heavy atom. The smallest absolute Gasteiger partial charge is 0.272 e. The zero-order chi connectivity index (χ0) is 31.3. The number of nitrogens with one attached hydrogen (secondary N) is 3. The molecule has 0 spiro atoms. The van der Waals surface area contributed by atoms with Gasteiger partial charge in [-0.2, -0.15) is 0 Å². The lowest BCUT2D eigenvalue weighted by atomic mass is 10.1. The summed E-state index contributed by atoms with van der Waals surface area (Å²) < 4.78 is 16.4. The topological polar surface area (TPSA) is 115 Å². The third-order valence-electron chi connectivity index (χ3n) is 6.19. The first-order valence-corrected chi connectivity index (χ1v) is 14.7. The molecule has 4 aromatic carbocycles. The molecule has 10 heteroatoms. The average Bonchev–Trinajstić information content (AvgIpc) is 3.05. The van der Waals surface area contributed by atoms with Gasteiger partial charge in [-0.25, -0.2) is 0 Å². The standard InChI is InChI=1S/C34H33N3O6S/c1-4-43-31-16-9-8-15-28(31)36-32(38)22-44-27-14-10-13-25(21-27)35-34(40)29(37-33(39)23-11-6-5-7-12-23)20-24-19-26(41-2)17-18-30(24)42-3/h5-21H,4,22H2,1-3H3,(H,35,40)(H,36,38)(H,37,39)/b29-20+. The van der Waals surface area contributed by atoms with Crippen molar-refractivity contribution in [2.24, 2.45) is 0 Å². The van der Waals surface area contributed by atoms with Gasteiger partial charge in [-0.05, 0) is 73.7 Å². The van der Waals surface area contributed by atoms with Gasteiger partial charge in [0.25, 0.3) is 11.8 Å². The first-order chi connectivity index (χ1) is 21.4. The molecule has 226 valence electrons. The van der Waals surface area contributed by atoms with Gasteiger partial charge in [0, 0.05) is 21.7 Å². The van der Waals surface area contributed by atoms with Gasteiger partial charge in [0.15, 0.2) is 0 Å². The van der Waals surface area contributed by atoms with Crippen LogP contribution in [0.4, 0.5) is 11.4 Å². The fraction of sp³-hybridized carbons (Fsp3) is 0.147. The van der Waals surface area contributed by atoms with E-state index >= 15 is 0 Å². The van der Waals surface area contributed by atoms with Crippen LogP contribution in [0.5, 0.6) is 17.2 Å². The monoisotopic (exact) mass is 611 g/mol. The summed E-state index contributed by atoms with van der Waals surface area (Å²) in [5, 5.41) is 8.46. The summed E-state index contributed by atoms with van der Waals surface area (Å²) in [5.41, 5.74) is 2.01. The van der Waals surface area contributed by atoms with Crippen LogP contribution >= 0.6 is 11.8 Å². The fourth-order valence-corrected chi connectivity index (χ4v) is 4.85. The molecule has 0 aliphatic carbocycles. The molecule has 0 aliphatic heterocycles. The third kappa shape index (κ3) is 8.89. The van der Waals surface area contributed by atoms with Crippen molar-refractivity contribution < 1.29 is 28.6 Å². The maximum atomic E-state index is 13.6. The average molecular weight is 612 g/mol. The maximum Gasteiger partial charge on any atom is 0.272 e. The van der Waals surface area contributed by atoms with E-state index < -0.39 is 11.8 Å². The molecule has 0 unspecified atom stereocenters. The van der Waals surface area contributed by atoms with Gasteiger partial charge in [-0.15, -0.1) is 11.8 Å². The molecular weight excluding hydrogens is 578 g/mol. The fourth-order valence-electron chi connectivity index (χ4n) is 4.10. The van der Waals surface area contributed by atoms with Crippen molar-refractivity contribution in [1.29, 1.82) is 0 Å². The van der Waals surface area contributed by atoms with Crippen molar-refractivity contribution in [2.75, 3.05) is 37.2 Å². The molecule has 4 aromatic rings. The Balaban J connectivity index is 1.50. The predicted molar refractivity (Wildman–Crippen MR) is 173 cm³/mol. The quantitative estimate of drug-likeness (QED) is 0.121. The molecule has 3 amide bonds. The van der Waals surface area contributed by atoms with Gasteiger partial charge < -0.3 is 30.2 Å². The molecule has 0 saturated carbocycles. The molecule has 0 radical (unpaired) electrons. The van der Waals surface area contributed by atoms with E-state index in [4.69, 9.17) is 14.2 Å². The number of methoxy groups -OCH3 is 2. The first-order valence-electron chi connectivity index (χ1n) is 13.8.